The highest BCUT2D eigenvalue weighted by Gasteiger charge is 2.33. The lowest BCUT2D eigenvalue weighted by Gasteiger charge is -2.12. The van der Waals surface area contributed by atoms with Crippen molar-refractivity contribution < 1.29 is 14.3 Å². The number of imide groups is 1. The molecule has 0 bridgehead atoms. The molecule has 0 radical (unpaired) electrons. The van der Waals surface area contributed by atoms with Gasteiger partial charge < -0.3 is 10.1 Å². The molecule has 0 aliphatic carbocycles. The highest BCUT2D eigenvalue weighted by atomic mass is 35.5. The minimum atomic E-state index is -0.450. The van der Waals surface area contributed by atoms with Gasteiger partial charge in [0.15, 0.2) is 0 Å². The first-order chi connectivity index (χ1) is 14.1. The van der Waals surface area contributed by atoms with Gasteiger partial charge in [0, 0.05) is 10.6 Å². The Morgan fingerprint density at radius 3 is 2.55 bits per heavy atom. The Morgan fingerprint density at radius 1 is 1.03 bits per heavy atom. The van der Waals surface area contributed by atoms with Crippen LogP contribution < -0.4 is 10.1 Å². The van der Waals surface area contributed by atoms with E-state index < -0.39 is 6.03 Å². The van der Waals surface area contributed by atoms with E-state index >= 15 is 0 Å². The second-order valence-corrected chi connectivity index (χ2v) is 7.07. The van der Waals surface area contributed by atoms with Crippen LogP contribution in [-0.4, -0.2) is 23.4 Å². The average molecular weight is 407 g/mol. The van der Waals surface area contributed by atoms with Gasteiger partial charge in [-0.2, -0.15) is 0 Å². The first-order valence-corrected chi connectivity index (χ1v) is 9.68. The molecule has 0 atom stereocenters. The summed E-state index contributed by atoms with van der Waals surface area (Å²) < 4.78 is 5.76. The summed E-state index contributed by atoms with van der Waals surface area (Å²) in [5.74, 6) is 0.289. The average Bonchev–Trinajstić information content (AvgIpc) is 2.99. The summed E-state index contributed by atoms with van der Waals surface area (Å²) in [6.07, 6.45) is 1.69. The Morgan fingerprint density at radius 2 is 1.79 bits per heavy atom. The monoisotopic (exact) mass is 406 g/mol. The van der Waals surface area contributed by atoms with Crippen LogP contribution in [0.3, 0.4) is 0 Å². The van der Waals surface area contributed by atoms with Crippen molar-refractivity contribution in [3.05, 3.63) is 82.5 Å². The highest BCUT2D eigenvalue weighted by Crippen LogP contribution is 2.31. The molecule has 0 saturated carbocycles. The lowest BCUT2D eigenvalue weighted by molar-refractivity contribution is -0.123. The number of rotatable bonds is 5. The van der Waals surface area contributed by atoms with Crippen LogP contribution in [0.1, 0.15) is 18.1 Å². The summed E-state index contributed by atoms with van der Waals surface area (Å²) in [6, 6.07) is 18.3. The molecule has 3 aromatic carbocycles. The third-order valence-corrected chi connectivity index (χ3v) is 4.99. The van der Waals surface area contributed by atoms with Gasteiger partial charge in [-0.1, -0.05) is 54.1 Å². The first-order valence-electron chi connectivity index (χ1n) is 9.30. The third-order valence-electron chi connectivity index (χ3n) is 4.74. The number of ether oxygens (including phenoxy) is 1. The number of hydrogen-bond acceptors (Lipinski definition) is 3. The van der Waals surface area contributed by atoms with Gasteiger partial charge in [-0.25, -0.2) is 4.79 Å². The molecular formula is C23H19ClN2O3. The molecule has 1 fully saturated rings. The molecule has 4 rings (SSSR count). The van der Waals surface area contributed by atoms with E-state index in [1.165, 1.54) is 4.90 Å². The summed E-state index contributed by atoms with van der Waals surface area (Å²) in [5, 5.41) is 5.26. The normalized spacial score (nSPS) is 15.2. The zero-order valence-corrected chi connectivity index (χ0v) is 16.6. The number of nitrogens with zero attached hydrogens (tertiary/aromatic N) is 1. The third kappa shape index (κ3) is 3.82. The summed E-state index contributed by atoms with van der Waals surface area (Å²) in [5.41, 5.74) is 1.81. The van der Waals surface area contributed by atoms with Gasteiger partial charge in [0.25, 0.3) is 5.91 Å². The van der Waals surface area contributed by atoms with Gasteiger partial charge in [-0.15, -0.1) is 0 Å². The number of amides is 3. The Bertz CT molecular complexity index is 1120. The van der Waals surface area contributed by atoms with E-state index in [1.807, 2.05) is 43.3 Å². The molecule has 29 heavy (non-hydrogen) atoms. The standard InChI is InChI=1S/C23H19ClN2O3/c1-2-29-21-12-9-16-5-3-4-6-18(16)19(21)13-20-22(27)26(23(28)25-20)14-15-7-10-17(24)11-8-15/h3-13H,2,14H2,1H3,(H,25,28)/b20-13+. The van der Waals surface area contributed by atoms with E-state index in [0.717, 1.165) is 21.9 Å². The smallest absolute Gasteiger partial charge is 0.329 e. The number of fused-ring (bicyclic) bond motifs is 1. The van der Waals surface area contributed by atoms with Gasteiger partial charge in [0.05, 0.1) is 13.2 Å². The second kappa shape index (κ2) is 7.97. The van der Waals surface area contributed by atoms with E-state index in [0.29, 0.717) is 17.4 Å². The van der Waals surface area contributed by atoms with Crippen LogP contribution in [-0.2, 0) is 11.3 Å². The van der Waals surface area contributed by atoms with Crippen LogP contribution in [0.15, 0.2) is 66.4 Å². The van der Waals surface area contributed by atoms with Gasteiger partial charge in [-0.3, -0.25) is 9.69 Å². The maximum Gasteiger partial charge on any atom is 0.329 e. The number of halogens is 1. The largest absolute Gasteiger partial charge is 0.493 e. The van der Waals surface area contributed by atoms with Crippen LogP contribution in [0.5, 0.6) is 5.75 Å². The van der Waals surface area contributed by atoms with Gasteiger partial charge >= 0.3 is 6.03 Å². The molecule has 0 aromatic heterocycles. The van der Waals surface area contributed by atoms with Gasteiger partial charge in [0.1, 0.15) is 11.4 Å². The minimum absolute atomic E-state index is 0.174. The van der Waals surface area contributed by atoms with Crippen LogP contribution >= 0.6 is 11.6 Å². The molecule has 1 saturated heterocycles. The van der Waals surface area contributed by atoms with E-state index in [4.69, 9.17) is 16.3 Å². The molecule has 1 aliphatic heterocycles. The Hall–Kier alpha value is -3.31. The van der Waals surface area contributed by atoms with Crippen LogP contribution in [0.4, 0.5) is 4.79 Å². The van der Waals surface area contributed by atoms with E-state index in [1.54, 1.807) is 30.3 Å². The number of carbonyl (C=O) groups excluding carboxylic acids is 2. The Labute approximate surface area is 173 Å². The number of carbonyl (C=O) groups is 2. The minimum Gasteiger partial charge on any atom is -0.493 e. The quantitative estimate of drug-likeness (QED) is 0.480. The number of urea groups is 1. The van der Waals surface area contributed by atoms with Crippen molar-refractivity contribution in [3.8, 4) is 5.75 Å². The predicted octanol–water partition coefficient (Wildman–Crippen LogP) is 4.98. The van der Waals surface area contributed by atoms with Crippen LogP contribution in [0.2, 0.25) is 5.02 Å². The first kappa shape index (κ1) is 19.0. The Kier molecular flexibility index (Phi) is 5.23. The van der Waals surface area contributed by atoms with E-state index in [-0.39, 0.29) is 18.1 Å². The van der Waals surface area contributed by atoms with Crippen molar-refractivity contribution in [1.29, 1.82) is 0 Å². The lowest BCUT2D eigenvalue weighted by atomic mass is 10.0. The molecule has 1 N–H and O–H groups in total. The van der Waals surface area contributed by atoms with Gasteiger partial charge in [-0.05, 0) is 47.5 Å². The van der Waals surface area contributed by atoms with Crippen LogP contribution in [0, 0.1) is 0 Å². The molecular weight excluding hydrogens is 388 g/mol. The molecule has 3 aromatic rings. The number of benzene rings is 3. The molecule has 3 amide bonds. The summed E-state index contributed by atoms with van der Waals surface area (Å²) in [4.78, 5) is 26.5. The van der Waals surface area contributed by atoms with Crippen molar-refractivity contribution in [2.24, 2.45) is 0 Å². The fourth-order valence-corrected chi connectivity index (χ4v) is 3.46. The maximum absolute atomic E-state index is 12.9. The zero-order valence-electron chi connectivity index (χ0n) is 15.8. The molecule has 0 unspecified atom stereocenters. The van der Waals surface area contributed by atoms with Crippen LogP contribution in [0.25, 0.3) is 16.8 Å². The molecule has 146 valence electrons. The SMILES string of the molecule is CCOc1ccc2ccccc2c1/C=C1/NC(=O)N(Cc2ccc(Cl)cc2)C1=O. The van der Waals surface area contributed by atoms with E-state index in [2.05, 4.69) is 5.32 Å². The van der Waals surface area contributed by atoms with Crippen molar-refractivity contribution in [2.45, 2.75) is 13.5 Å². The molecule has 1 heterocycles. The number of nitrogens with one attached hydrogen (secondary N) is 1. The lowest BCUT2D eigenvalue weighted by Crippen LogP contribution is -2.30. The summed E-state index contributed by atoms with van der Waals surface area (Å²) in [6.45, 7) is 2.58. The fourth-order valence-electron chi connectivity index (χ4n) is 3.34. The molecule has 0 spiro atoms. The van der Waals surface area contributed by atoms with Crippen molar-refractivity contribution in [3.63, 3.8) is 0 Å². The molecule has 1 aliphatic rings. The zero-order chi connectivity index (χ0) is 20.4. The fraction of sp³-hybridized carbons (Fsp3) is 0.130. The maximum atomic E-state index is 12.9. The number of hydrogen-bond donors (Lipinski definition) is 1. The summed E-state index contributed by atoms with van der Waals surface area (Å²) in [7, 11) is 0. The topological polar surface area (TPSA) is 58.6 Å². The van der Waals surface area contributed by atoms with Crippen molar-refractivity contribution >= 4 is 40.4 Å². The van der Waals surface area contributed by atoms with E-state index in [9.17, 15) is 9.59 Å². The van der Waals surface area contributed by atoms with Crippen molar-refractivity contribution in [1.82, 2.24) is 10.2 Å². The van der Waals surface area contributed by atoms with Crippen molar-refractivity contribution in [2.75, 3.05) is 6.61 Å². The second-order valence-electron chi connectivity index (χ2n) is 6.64. The van der Waals surface area contributed by atoms with Gasteiger partial charge in [0.2, 0.25) is 0 Å². The molecule has 6 heteroatoms. The Balaban J connectivity index is 1.70. The summed E-state index contributed by atoms with van der Waals surface area (Å²) >= 11 is 5.91. The molecule has 5 nitrogen and oxygen atoms in total. The predicted molar refractivity (Wildman–Crippen MR) is 114 cm³/mol. The highest BCUT2D eigenvalue weighted by molar-refractivity contribution is 6.30.